The molecule has 1 atom stereocenters. The summed E-state index contributed by atoms with van der Waals surface area (Å²) in [6, 6.07) is 6.87. The molecule has 3 rings (SSSR count). The van der Waals surface area contributed by atoms with Crippen LogP contribution in [0.15, 0.2) is 24.3 Å². The minimum absolute atomic E-state index is 0.0725. The van der Waals surface area contributed by atoms with E-state index in [0.29, 0.717) is 22.5 Å². The van der Waals surface area contributed by atoms with Crippen molar-refractivity contribution in [3.05, 3.63) is 29.8 Å². The van der Waals surface area contributed by atoms with Gasteiger partial charge in [0, 0.05) is 29.6 Å². The molecule has 5 N–H and O–H groups in total. The molecule has 1 unspecified atom stereocenters. The highest BCUT2D eigenvalue weighted by atomic mass is 32.1. The summed E-state index contributed by atoms with van der Waals surface area (Å²) in [5.41, 5.74) is 11.6. The number of methoxy groups -OCH3 is 1. The topological polar surface area (TPSA) is 120 Å². The van der Waals surface area contributed by atoms with E-state index in [1.165, 1.54) is 11.3 Å². The van der Waals surface area contributed by atoms with E-state index in [0.717, 1.165) is 30.0 Å². The van der Waals surface area contributed by atoms with Crippen molar-refractivity contribution in [2.75, 3.05) is 25.5 Å². The second-order valence-electron chi connectivity index (χ2n) is 7.19. The van der Waals surface area contributed by atoms with Crippen molar-refractivity contribution >= 4 is 28.3 Å². The average Bonchev–Trinajstić information content (AvgIpc) is 3.29. The van der Waals surface area contributed by atoms with Crippen LogP contribution in [0.25, 0.3) is 10.4 Å². The van der Waals surface area contributed by atoms with Gasteiger partial charge in [-0.2, -0.15) is 0 Å². The first-order valence-electron chi connectivity index (χ1n) is 9.37. The molecule has 8 nitrogen and oxygen atoms in total. The lowest BCUT2D eigenvalue weighted by Crippen LogP contribution is -2.30. The quantitative estimate of drug-likeness (QED) is 0.639. The number of primary amides is 2. The minimum Gasteiger partial charge on any atom is -0.497 e. The van der Waals surface area contributed by atoms with Crippen LogP contribution < -0.4 is 26.3 Å². The molecule has 2 heterocycles. The maximum atomic E-state index is 11.8. The number of nitrogens with zero attached hydrogens (tertiary/aromatic N) is 1. The van der Waals surface area contributed by atoms with Crippen molar-refractivity contribution in [1.82, 2.24) is 4.90 Å². The van der Waals surface area contributed by atoms with Crippen molar-refractivity contribution in [2.45, 2.75) is 32.4 Å². The molecule has 0 bridgehead atoms. The van der Waals surface area contributed by atoms with Gasteiger partial charge in [0.15, 0.2) is 0 Å². The Morgan fingerprint density at radius 3 is 2.62 bits per heavy atom. The molecule has 1 aliphatic rings. The number of nitrogens with one attached hydrogen (secondary N) is 1. The van der Waals surface area contributed by atoms with E-state index in [1.807, 2.05) is 18.2 Å². The first-order chi connectivity index (χ1) is 13.8. The number of rotatable bonds is 7. The molecule has 0 saturated carbocycles. The van der Waals surface area contributed by atoms with E-state index in [4.69, 9.17) is 20.9 Å². The summed E-state index contributed by atoms with van der Waals surface area (Å²) in [6.45, 7) is 6.19. The molecule has 1 fully saturated rings. The van der Waals surface area contributed by atoms with Crippen molar-refractivity contribution in [3.63, 3.8) is 0 Å². The molecule has 1 aromatic carbocycles. The summed E-state index contributed by atoms with van der Waals surface area (Å²) in [5.74, 6) is 0.690. The second-order valence-corrected chi connectivity index (χ2v) is 8.24. The summed E-state index contributed by atoms with van der Waals surface area (Å²) in [5, 5.41) is 2.77. The van der Waals surface area contributed by atoms with Crippen molar-refractivity contribution in [2.24, 2.45) is 11.5 Å². The largest absolute Gasteiger partial charge is 0.497 e. The molecule has 0 spiro atoms. The van der Waals surface area contributed by atoms with Crippen LogP contribution in [0.4, 0.5) is 9.80 Å². The molecule has 3 amide bonds. The highest BCUT2D eigenvalue weighted by Crippen LogP contribution is 2.42. The Bertz CT molecular complexity index is 912. The lowest BCUT2D eigenvalue weighted by Gasteiger charge is -2.21. The fourth-order valence-electron chi connectivity index (χ4n) is 3.34. The molecule has 1 aromatic heterocycles. The normalized spacial score (nSPS) is 16.8. The highest BCUT2D eigenvalue weighted by Gasteiger charge is 2.27. The Morgan fingerprint density at radius 2 is 2.03 bits per heavy atom. The first-order valence-corrected chi connectivity index (χ1v) is 10.2. The standard InChI is InChI=1S/C20H26N4O4S/c1-11(2)24-7-6-13(10-24)28-16-5-4-12(27-3)8-14(16)17-9-15(18(21)25)19(29-17)23-20(22)26/h4-5,8-9,11,13H,6-7,10H2,1-3H3,(H2,21,25)(H3,22,23,26). The van der Waals surface area contributed by atoms with Gasteiger partial charge in [0.25, 0.3) is 5.91 Å². The van der Waals surface area contributed by atoms with Gasteiger partial charge in [0.05, 0.1) is 12.7 Å². The number of hydrogen-bond acceptors (Lipinski definition) is 6. The molecule has 0 radical (unpaired) electrons. The van der Waals surface area contributed by atoms with Crippen LogP contribution in [-0.2, 0) is 0 Å². The Kier molecular flexibility index (Phi) is 6.29. The van der Waals surface area contributed by atoms with Crippen LogP contribution in [0.3, 0.4) is 0 Å². The SMILES string of the molecule is COc1ccc(OC2CCN(C(C)C)C2)c(-c2cc(C(N)=O)c(NC(N)=O)s2)c1. The van der Waals surface area contributed by atoms with E-state index >= 15 is 0 Å². The van der Waals surface area contributed by atoms with E-state index in [2.05, 4.69) is 24.1 Å². The number of anilines is 1. The van der Waals surface area contributed by atoms with Gasteiger partial charge < -0.3 is 20.9 Å². The van der Waals surface area contributed by atoms with Gasteiger partial charge in [-0.25, -0.2) is 4.79 Å². The number of amides is 3. The number of ether oxygens (including phenoxy) is 2. The maximum absolute atomic E-state index is 11.8. The van der Waals surface area contributed by atoms with Gasteiger partial charge in [-0.15, -0.1) is 11.3 Å². The fraction of sp³-hybridized carbons (Fsp3) is 0.400. The summed E-state index contributed by atoms with van der Waals surface area (Å²) < 4.78 is 11.7. The minimum atomic E-state index is -0.761. The third-order valence-corrected chi connectivity index (χ3v) is 5.97. The van der Waals surface area contributed by atoms with Crippen LogP contribution in [0.5, 0.6) is 11.5 Å². The molecular weight excluding hydrogens is 392 g/mol. The summed E-state index contributed by atoms with van der Waals surface area (Å²) in [6.07, 6.45) is 1.01. The lowest BCUT2D eigenvalue weighted by molar-refractivity contribution is 0.100. The first kappa shape index (κ1) is 20.9. The summed E-state index contributed by atoms with van der Waals surface area (Å²) in [4.78, 5) is 26.2. The third kappa shape index (κ3) is 4.80. The Morgan fingerprint density at radius 1 is 1.28 bits per heavy atom. The Labute approximate surface area is 173 Å². The van der Waals surface area contributed by atoms with Crippen molar-refractivity contribution in [3.8, 4) is 21.9 Å². The molecule has 2 aromatic rings. The molecular formula is C20H26N4O4S. The van der Waals surface area contributed by atoms with Crippen LogP contribution in [0.2, 0.25) is 0 Å². The van der Waals surface area contributed by atoms with Crippen LogP contribution in [0.1, 0.15) is 30.6 Å². The molecule has 1 aliphatic heterocycles. The monoisotopic (exact) mass is 418 g/mol. The Balaban J connectivity index is 1.96. The molecule has 9 heteroatoms. The van der Waals surface area contributed by atoms with Gasteiger partial charge in [-0.3, -0.25) is 15.0 Å². The number of carbonyl (C=O) groups excluding carboxylic acids is 2. The number of urea groups is 1. The van der Waals surface area contributed by atoms with Gasteiger partial charge in [0.2, 0.25) is 0 Å². The predicted octanol–water partition coefficient (Wildman–Crippen LogP) is 2.87. The van der Waals surface area contributed by atoms with Gasteiger partial charge in [-0.1, -0.05) is 0 Å². The zero-order chi connectivity index (χ0) is 21.1. The number of thiophene rings is 1. The van der Waals surface area contributed by atoms with E-state index in [1.54, 1.807) is 13.2 Å². The zero-order valence-corrected chi connectivity index (χ0v) is 17.5. The molecule has 29 heavy (non-hydrogen) atoms. The molecule has 156 valence electrons. The van der Waals surface area contributed by atoms with Gasteiger partial charge >= 0.3 is 6.03 Å². The predicted molar refractivity (Wildman–Crippen MR) is 114 cm³/mol. The summed E-state index contributed by atoms with van der Waals surface area (Å²) >= 11 is 1.21. The fourth-order valence-corrected chi connectivity index (χ4v) is 4.43. The van der Waals surface area contributed by atoms with Gasteiger partial charge in [-0.05, 0) is 44.5 Å². The number of hydrogen-bond donors (Lipinski definition) is 3. The smallest absolute Gasteiger partial charge is 0.317 e. The van der Waals surface area contributed by atoms with Crippen LogP contribution in [0, 0.1) is 0 Å². The zero-order valence-electron chi connectivity index (χ0n) is 16.7. The number of likely N-dealkylation sites (tertiary alicyclic amines) is 1. The van der Waals surface area contributed by atoms with Crippen LogP contribution in [-0.4, -0.2) is 49.2 Å². The Hall–Kier alpha value is -2.78. The summed E-state index contributed by atoms with van der Waals surface area (Å²) in [7, 11) is 1.58. The molecule has 1 saturated heterocycles. The van der Waals surface area contributed by atoms with Crippen molar-refractivity contribution < 1.29 is 19.1 Å². The maximum Gasteiger partial charge on any atom is 0.317 e. The average molecular weight is 419 g/mol. The number of benzene rings is 1. The highest BCUT2D eigenvalue weighted by molar-refractivity contribution is 7.20. The van der Waals surface area contributed by atoms with E-state index in [9.17, 15) is 9.59 Å². The van der Waals surface area contributed by atoms with E-state index in [-0.39, 0.29) is 11.7 Å². The third-order valence-electron chi connectivity index (χ3n) is 4.89. The van der Waals surface area contributed by atoms with Gasteiger partial charge in [0.1, 0.15) is 22.6 Å². The lowest BCUT2D eigenvalue weighted by atomic mass is 10.1. The second kappa shape index (κ2) is 8.71. The van der Waals surface area contributed by atoms with Crippen LogP contribution >= 0.6 is 11.3 Å². The number of nitrogens with two attached hydrogens (primary N) is 2. The number of carbonyl (C=O) groups is 2. The van der Waals surface area contributed by atoms with Crippen molar-refractivity contribution in [1.29, 1.82) is 0 Å². The van der Waals surface area contributed by atoms with E-state index < -0.39 is 11.9 Å². The molecule has 0 aliphatic carbocycles.